The van der Waals surface area contributed by atoms with E-state index in [9.17, 15) is 9.59 Å². The van der Waals surface area contributed by atoms with Crippen molar-refractivity contribution in [3.8, 4) is 5.75 Å². The normalized spacial score (nSPS) is 9.21. The van der Waals surface area contributed by atoms with E-state index in [0.29, 0.717) is 0 Å². The van der Waals surface area contributed by atoms with E-state index in [4.69, 9.17) is 10.3 Å². The predicted molar refractivity (Wildman–Crippen MR) is 45.1 cm³/mol. The van der Waals surface area contributed by atoms with Crippen molar-refractivity contribution in [1.82, 2.24) is 0 Å². The molecule has 0 unspecified atom stereocenters. The first-order valence-corrected chi connectivity index (χ1v) is 3.59. The number of benzene rings is 1. The van der Waals surface area contributed by atoms with Crippen LogP contribution < -0.4 is 10.2 Å². The van der Waals surface area contributed by atoms with E-state index in [1.165, 1.54) is 18.2 Å². The van der Waals surface area contributed by atoms with Gasteiger partial charge in [0.2, 0.25) is 0 Å². The number of esters is 1. The average molecular weight is 197 g/mol. The smallest absolute Gasteiger partial charge is 0.422 e. The lowest BCUT2D eigenvalue weighted by Gasteiger charge is -2.05. The molecular formula is C8H7NO5. The molecule has 6 nitrogen and oxygen atoms in total. The monoisotopic (exact) mass is 197 g/mol. The SMILES string of the molecule is O=C(O)C(=O)Oc1ccccc1NO. The lowest BCUT2D eigenvalue weighted by molar-refractivity contribution is -0.158. The molecule has 0 aliphatic rings. The lowest BCUT2D eigenvalue weighted by atomic mass is 10.3. The summed E-state index contributed by atoms with van der Waals surface area (Å²) >= 11 is 0. The van der Waals surface area contributed by atoms with Crippen LogP contribution in [-0.4, -0.2) is 22.3 Å². The van der Waals surface area contributed by atoms with Crippen molar-refractivity contribution < 1.29 is 24.6 Å². The summed E-state index contributed by atoms with van der Waals surface area (Å²) in [5, 5.41) is 16.8. The molecule has 14 heavy (non-hydrogen) atoms. The maximum absolute atomic E-state index is 10.6. The van der Waals surface area contributed by atoms with E-state index in [0.717, 1.165) is 0 Å². The first kappa shape index (κ1) is 10.0. The number of hydrogen-bond acceptors (Lipinski definition) is 5. The first-order chi connectivity index (χ1) is 6.65. The Balaban J connectivity index is 2.85. The molecule has 1 rings (SSSR count). The van der Waals surface area contributed by atoms with E-state index >= 15 is 0 Å². The first-order valence-electron chi connectivity index (χ1n) is 3.59. The summed E-state index contributed by atoms with van der Waals surface area (Å²) in [6.45, 7) is 0. The summed E-state index contributed by atoms with van der Waals surface area (Å²) in [6.07, 6.45) is 0. The Morgan fingerprint density at radius 3 is 2.50 bits per heavy atom. The zero-order valence-corrected chi connectivity index (χ0v) is 6.93. The second-order valence-corrected chi connectivity index (χ2v) is 2.30. The fourth-order valence-corrected chi connectivity index (χ4v) is 0.792. The third kappa shape index (κ3) is 2.20. The summed E-state index contributed by atoms with van der Waals surface area (Å²) in [5.74, 6) is -3.16. The molecule has 0 amide bonds. The molecule has 0 heterocycles. The van der Waals surface area contributed by atoms with Crippen molar-refractivity contribution in [2.75, 3.05) is 5.48 Å². The van der Waals surface area contributed by atoms with Gasteiger partial charge < -0.3 is 9.84 Å². The van der Waals surface area contributed by atoms with E-state index in [-0.39, 0.29) is 11.4 Å². The van der Waals surface area contributed by atoms with Crippen molar-refractivity contribution >= 4 is 17.6 Å². The van der Waals surface area contributed by atoms with Gasteiger partial charge in [0.05, 0.1) is 0 Å². The van der Waals surface area contributed by atoms with Crippen LogP contribution in [0.5, 0.6) is 5.75 Å². The molecule has 0 bridgehead atoms. The van der Waals surface area contributed by atoms with Crippen LogP contribution in [0, 0.1) is 0 Å². The van der Waals surface area contributed by atoms with Gasteiger partial charge in [-0.25, -0.2) is 9.59 Å². The van der Waals surface area contributed by atoms with Gasteiger partial charge in [0.15, 0.2) is 5.75 Å². The number of anilines is 1. The molecule has 0 fully saturated rings. The molecule has 6 heteroatoms. The average Bonchev–Trinajstić information content (AvgIpc) is 2.18. The molecule has 3 N–H and O–H groups in total. The van der Waals surface area contributed by atoms with Gasteiger partial charge in [-0.3, -0.25) is 10.7 Å². The number of para-hydroxylation sites is 2. The van der Waals surface area contributed by atoms with Crippen LogP contribution in [0.15, 0.2) is 24.3 Å². The number of carboxylic acid groups (broad SMARTS) is 1. The summed E-state index contributed by atoms with van der Waals surface area (Å²) in [5.41, 5.74) is 1.88. The largest absolute Gasteiger partial charge is 0.473 e. The maximum Gasteiger partial charge on any atom is 0.422 e. The Kier molecular flexibility index (Phi) is 3.03. The van der Waals surface area contributed by atoms with Crippen LogP contribution in [0.3, 0.4) is 0 Å². The van der Waals surface area contributed by atoms with Gasteiger partial charge in [-0.05, 0) is 12.1 Å². The Hall–Kier alpha value is -2.08. The van der Waals surface area contributed by atoms with Gasteiger partial charge in [0.1, 0.15) is 5.69 Å². The third-order valence-electron chi connectivity index (χ3n) is 1.38. The Morgan fingerprint density at radius 2 is 1.93 bits per heavy atom. The topological polar surface area (TPSA) is 95.9 Å². The van der Waals surface area contributed by atoms with Crippen LogP contribution in [0.25, 0.3) is 0 Å². The third-order valence-corrected chi connectivity index (χ3v) is 1.38. The second-order valence-electron chi connectivity index (χ2n) is 2.30. The van der Waals surface area contributed by atoms with Gasteiger partial charge in [-0.1, -0.05) is 12.1 Å². The number of hydrogen-bond donors (Lipinski definition) is 3. The highest BCUT2D eigenvalue weighted by molar-refractivity contribution is 6.29. The molecule has 74 valence electrons. The van der Waals surface area contributed by atoms with Crippen LogP contribution in [0.4, 0.5) is 5.69 Å². The van der Waals surface area contributed by atoms with Gasteiger partial charge in [0, 0.05) is 0 Å². The summed E-state index contributed by atoms with van der Waals surface area (Å²) in [7, 11) is 0. The van der Waals surface area contributed by atoms with E-state index in [1.54, 1.807) is 11.5 Å². The van der Waals surface area contributed by atoms with Crippen molar-refractivity contribution in [3.63, 3.8) is 0 Å². The molecule has 1 aromatic carbocycles. The van der Waals surface area contributed by atoms with Gasteiger partial charge in [-0.2, -0.15) is 0 Å². The number of aliphatic carboxylic acids is 1. The van der Waals surface area contributed by atoms with Crippen molar-refractivity contribution in [3.05, 3.63) is 24.3 Å². The molecule has 0 aliphatic heterocycles. The summed E-state index contributed by atoms with van der Waals surface area (Å²) in [4.78, 5) is 20.8. The fourth-order valence-electron chi connectivity index (χ4n) is 0.792. The quantitative estimate of drug-likeness (QED) is 0.276. The minimum Gasteiger partial charge on any atom is -0.473 e. The van der Waals surface area contributed by atoms with Crippen molar-refractivity contribution in [2.24, 2.45) is 0 Å². The fraction of sp³-hybridized carbons (Fsp3) is 0. The standard InChI is InChI=1S/C8H7NO5/c10-7(11)8(12)14-6-4-2-1-3-5(6)9-13/h1-4,9,13H,(H,10,11). The minimum absolute atomic E-state index is 0.0533. The molecule has 0 aromatic heterocycles. The molecule has 1 aromatic rings. The highest BCUT2D eigenvalue weighted by Crippen LogP contribution is 2.22. The zero-order valence-electron chi connectivity index (χ0n) is 6.93. The molecule has 0 radical (unpaired) electrons. The Labute approximate surface area is 78.7 Å². The Bertz CT molecular complexity index is 363. The second kappa shape index (κ2) is 4.24. The number of nitrogens with one attached hydrogen (secondary N) is 1. The van der Waals surface area contributed by atoms with Gasteiger partial charge >= 0.3 is 11.9 Å². The van der Waals surface area contributed by atoms with Crippen LogP contribution in [0.1, 0.15) is 0 Å². The zero-order chi connectivity index (χ0) is 10.6. The number of ether oxygens (including phenoxy) is 1. The van der Waals surface area contributed by atoms with Crippen LogP contribution >= 0.6 is 0 Å². The number of carbonyl (C=O) groups excluding carboxylic acids is 1. The maximum atomic E-state index is 10.6. The lowest BCUT2D eigenvalue weighted by Crippen LogP contribution is -2.19. The molecule has 0 atom stereocenters. The molecule has 0 saturated carbocycles. The van der Waals surface area contributed by atoms with Crippen LogP contribution in [-0.2, 0) is 9.59 Å². The van der Waals surface area contributed by atoms with Crippen molar-refractivity contribution in [1.29, 1.82) is 0 Å². The number of carboxylic acids is 1. The minimum atomic E-state index is -1.70. The van der Waals surface area contributed by atoms with Gasteiger partial charge in [-0.15, -0.1) is 0 Å². The predicted octanol–water partition coefficient (Wildman–Crippen LogP) is 0.478. The summed E-state index contributed by atoms with van der Waals surface area (Å²) < 4.78 is 4.44. The van der Waals surface area contributed by atoms with Crippen molar-refractivity contribution in [2.45, 2.75) is 0 Å². The highest BCUT2D eigenvalue weighted by Gasteiger charge is 2.15. The van der Waals surface area contributed by atoms with E-state index in [2.05, 4.69) is 4.74 Å². The molecular weight excluding hydrogens is 190 g/mol. The molecule has 0 saturated heterocycles. The summed E-state index contributed by atoms with van der Waals surface area (Å²) in [6, 6.07) is 5.88. The van der Waals surface area contributed by atoms with E-state index in [1.807, 2.05) is 0 Å². The molecule has 0 spiro atoms. The van der Waals surface area contributed by atoms with E-state index < -0.39 is 11.9 Å². The Morgan fingerprint density at radius 1 is 1.29 bits per heavy atom. The molecule has 0 aliphatic carbocycles. The number of carbonyl (C=O) groups is 2. The number of rotatable bonds is 2. The highest BCUT2D eigenvalue weighted by atomic mass is 16.6. The van der Waals surface area contributed by atoms with Gasteiger partial charge in [0.25, 0.3) is 0 Å². The van der Waals surface area contributed by atoms with Crippen LogP contribution in [0.2, 0.25) is 0 Å².